The molecule has 194 valence electrons. The number of benzene rings is 2. The number of hydrogen-bond acceptors (Lipinski definition) is 6. The highest BCUT2D eigenvalue weighted by Gasteiger charge is 2.34. The summed E-state index contributed by atoms with van der Waals surface area (Å²) < 4.78 is 17.1. The average molecular weight is 521 g/mol. The van der Waals surface area contributed by atoms with E-state index in [4.69, 9.17) is 14.2 Å². The molecule has 1 unspecified atom stereocenters. The molecule has 0 radical (unpaired) electrons. The maximum Gasteiger partial charge on any atom is 0.254 e. The zero-order valence-electron chi connectivity index (χ0n) is 21.5. The van der Waals surface area contributed by atoms with Gasteiger partial charge >= 0.3 is 0 Å². The SMILES string of the molecule is CCCN(CC(=O)N1CCc2sccc2C1COc1ccc(C)cc1C)C(=O)c1ccc2c(c1)OCO2. The largest absolute Gasteiger partial charge is 0.491 e. The van der Waals surface area contributed by atoms with Crippen LogP contribution in [0, 0.1) is 13.8 Å². The normalized spacial score (nSPS) is 15.9. The monoisotopic (exact) mass is 520 g/mol. The van der Waals surface area contributed by atoms with E-state index in [0.29, 0.717) is 36.8 Å². The molecule has 0 saturated carbocycles. The number of carbonyl (C=O) groups is 2. The molecule has 2 aliphatic rings. The zero-order chi connectivity index (χ0) is 25.9. The Labute approximate surface area is 221 Å². The van der Waals surface area contributed by atoms with E-state index in [1.54, 1.807) is 34.4 Å². The predicted octanol–water partition coefficient (Wildman–Crippen LogP) is 5.15. The van der Waals surface area contributed by atoms with Gasteiger partial charge in [0.25, 0.3) is 5.91 Å². The molecule has 0 spiro atoms. The first kappa shape index (κ1) is 25.1. The summed E-state index contributed by atoms with van der Waals surface area (Å²) in [6.07, 6.45) is 1.56. The molecule has 3 heterocycles. The van der Waals surface area contributed by atoms with Gasteiger partial charge in [-0.3, -0.25) is 9.59 Å². The van der Waals surface area contributed by atoms with E-state index in [0.717, 1.165) is 29.7 Å². The van der Waals surface area contributed by atoms with Crippen molar-refractivity contribution in [3.8, 4) is 17.2 Å². The van der Waals surface area contributed by atoms with E-state index in [1.165, 1.54) is 10.4 Å². The van der Waals surface area contributed by atoms with Crippen LogP contribution in [0.4, 0.5) is 0 Å². The van der Waals surface area contributed by atoms with Crippen LogP contribution in [-0.2, 0) is 11.2 Å². The van der Waals surface area contributed by atoms with Gasteiger partial charge in [-0.2, -0.15) is 0 Å². The number of thiophene rings is 1. The van der Waals surface area contributed by atoms with Crippen LogP contribution < -0.4 is 14.2 Å². The van der Waals surface area contributed by atoms with Crippen molar-refractivity contribution in [2.75, 3.05) is 33.0 Å². The summed E-state index contributed by atoms with van der Waals surface area (Å²) >= 11 is 1.72. The van der Waals surface area contributed by atoms with Crippen molar-refractivity contribution in [3.05, 3.63) is 75.0 Å². The van der Waals surface area contributed by atoms with Crippen molar-refractivity contribution in [2.45, 2.75) is 39.7 Å². The third-order valence-electron chi connectivity index (χ3n) is 6.87. The van der Waals surface area contributed by atoms with Crippen molar-refractivity contribution < 1.29 is 23.8 Å². The molecule has 0 saturated heterocycles. The van der Waals surface area contributed by atoms with Crippen LogP contribution >= 0.6 is 11.3 Å². The van der Waals surface area contributed by atoms with Gasteiger partial charge in [-0.1, -0.05) is 24.6 Å². The van der Waals surface area contributed by atoms with E-state index in [2.05, 4.69) is 24.4 Å². The molecule has 1 aromatic heterocycles. The summed E-state index contributed by atoms with van der Waals surface area (Å²) in [5, 5.41) is 2.08. The van der Waals surface area contributed by atoms with Crippen LogP contribution in [0.2, 0.25) is 0 Å². The molecule has 5 rings (SSSR count). The molecule has 0 aliphatic carbocycles. The molecule has 3 aromatic rings. The van der Waals surface area contributed by atoms with E-state index in [1.807, 2.05) is 30.9 Å². The lowest BCUT2D eigenvalue weighted by Gasteiger charge is -2.37. The van der Waals surface area contributed by atoms with Crippen LogP contribution in [0.1, 0.15) is 51.3 Å². The Bertz CT molecular complexity index is 1300. The van der Waals surface area contributed by atoms with Gasteiger partial charge in [0.05, 0.1) is 6.04 Å². The third-order valence-corrected chi connectivity index (χ3v) is 7.87. The maximum absolute atomic E-state index is 13.7. The summed E-state index contributed by atoms with van der Waals surface area (Å²) in [7, 11) is 0. The van der Waals surface area contributed by atoms with Crippen LogP contribution in [0.15, 0.2) is 47.8 Å². The maximum atomic E-state index is 13.7. The third kappa shape index (κ3) is 5.30. The van der Waals surface area contributed by atoms with Crippen LogP contribution in [-0.4, -0.2) is 54.6 Å². The minimum atomic E-state index is -0.202. The molecule has 0 bridgehead atoms. The lowest BCUT2D eigenvalue weighted by molar-refractivity contribution is -0.135. The Kier molecular flexibility index (Phi) is 7.37. The molecule has 0 fully saturated rings. The second kappa shape index (κ2) is 10.8. The van der Waals surface area contributed by atoms with Gasteiger partial charge in [0.2, 0.25) is 12.7 Å². The standard InChI is InChI=1S/C29H32N2O5S/c1-4-11-30(29(33)21-6-8-25-26(15-21)36-18-35-25)16-28(32)31-12-9-27-22(10-13-37-27)23(31)17-34-24-7-5-19(2)14-20(24)3/h5-8,10,13-15,23H,4,9,11-12,16-18H2,1-3H3. The Morgan fingerprint density at radius 1 is 1.11 bits per heavy atom. The summed E-state index contributed by atoms with van der Waals surface area (Å²) in [5.41, 5.74) is 3.88. The van der Waals surface area contributed by atoms with E-state index < -0.39 is 0 Å². The number of hydrogen-bond donors (Lipinski definition) is 0. The molecule has 2 amide bonds. The highest BCUT2D eigenvalue weighted by molar-refractivity contribution is 7.10. The highest BCUT2D eigenvalue weighted by Crippen LogP contribution is 2.35. The van der Waals surface area contributed by atoms with Crippen molar-refractivity contribution in [1.82, 2.24) is 9.80 Å². The smallest absolute Gasteiger partial charge is 0.254 e. The summed E-state index contributed by atoms with van der Waals surface area (Å²) in [5.74, 6) is 1.74. The first-order valence-electron chi connectivity index (χ1n) is 12.7. The van der Waals surface area contributed by atoms with E-state index >= 15 is 0 Å². The fourth-order valence-electron chi connectivity index (χ4n) is 4.99. The average Bonchev–Trinajstić information content (AvgIpc) is 3.56. The molecule has 0 N–H and O–H groups in total. The van der Waals surface area contributed by atoms with Gasteiger partial charge in [0.15, 0.2) is 11.5 Å². The molecule has 2 aliphatic heterocycles. The molecule has 7 nitrogen and oxygen atoms in total. The first-order valence-corrected chi connectivity index (χ1v) is 13.6. The van der Waals surface area contributed by atoms with Gasteiger partial charge in [-0.15, -0.1) is 11.3 Å². The Hall–Kier alpha value is -3.52. The number of nitrogens with zero attached hydrogens (tertiary/aromatic N) is 2. The number of amides is 2. The Morgan fingerprint density at radius 2 is 1.95 bits per heavy atom. The second-order valence-electron chi connectivity index (χ2n) is 9.53. The molecule has 2 aromatic carbocycles. The lowest BCUT2D eigenvalue weighted by atomic mass is 10.00. The number of carbonyl (C=O) groups excluding carboxylic acids is 2. The van der Waals surface area contributed by atoms with E-state index in [-0.39, 0.29) is 31.2 Å². The van der Waals surface area contributed by atoms with Gasteiger partial charge < -0.3 is 24.0 Å². The van der Waals surface area contributed by atoms with E-state index in [9.17, 15) is 9.59 Å². The Morgan fingerprint density at radius 3 is 2.76 bits per heavy atom. The lowest BCUT2D eigenvalue weighted by Crippen LogP contribution is -2.48. The predicted molar refractivity (Wildman–Crippen MR) is 143 cm³/mol. The summed E-state index contributed by atoms with van der Waals surface area (Å²) in [4.78, 5) is 31.9. The van der Waals surface area contributed by atoms with Gasteiger partial charge in [-0.05, 0) is 73.5 Å². The van der Waals surface area contributed by atoms with Crippen LogP contribution in [0.25, 0.3) is 0 Å². The van der Waals surface area contributed by atoms with Crippen molar-refractivity contribution >= 4 is 23.2 Å². The second-order valence-corrected chi connectivity index (χ2v) is 10.5. The van der Waals surface area contributed by atoms with Gasteiger partial charge in [0, 0.05) is 23.5 Å². The summed E-state index contributed by atoms with van der Waals surface area (Å²) in [6.45, 7) is 7.71. The minimum absolute atomic E-state index is 0.0145. The minimum Gasteiger partial charge on any atom is -0.491 e. The molecular formula is C29H32N2O5S. The van der Waals surface area contributed by atoms with Crippen molar-refractivity contribution in [1.29, 1.82) is 0 Å². The number of fused-ring (bicyclic) bond motifs is 2. The van der Waals surface area contributed by atoms with Gasteiger partial charge in [0.1, 0.15) is 18.9 Å². The molecule has 8 heteroatoms. The van der Waals surface area contributed by atoms with Crippen molar-refractivity contribution in [3.63, 3.8) is 0 Å². The van der Waals surface area contributed by atoms with Gasteiger partial charge in [-0.25, -0.2) is 0 Å². The quantitative estimate of drug-likeness (QED) is 0.411. The van der Waals surface area contributed by atoms with Crippen molar-refractivity contribution in [2.24, 2.45) is 0 Å². The highest BCUT2D eigenvalue weighted by atomic mass is 32.1. The first-order chi connectivity index (χ1) is 17.9. The van der Waals surface area contributed by atoms with Crippen LogP contribution in [0.3, 0.4) is 0 Å². The Balaban J connectivity index is 1.34. The molecular weight excluding hydrogens is 488 g/mol. The van der Waals surface area contributed by atoms with Crippen LogP contribution in [0.5, 0.6) is 17.2 Å². The number of aryl methyl sites for hydroxylation is 2. The fraction of sp³-hybridized carbons (Fsp3) is 0.379. The zero-order valence-corrected chi connectivity index (χ0v) is 22.3. The molecule has 37 heavy (non-hydrogen) atoms. The number of ether oxygens (including phenoxy) is 3. The molecule has 1 atom stereocenters. The fourth-order valence-corrected chi connectivity index (χ4v) is 5.92. The number of rotatable bonds is 8. The summed E-state index contributed by atoms with van der Waals surface area (Å²) in [6, 6.07) is 13.2. The topological polar surface area (TPSA) is 68.3 Å².